The number of hydrogen-bond acceptors (Lipinski definition) is 9. The number of carbonyl (C=O) groups excluding carboxylic acids is 3. The number of benzene rings is 2. The molecule has 1 saturated heterocycles. The third-order valence-electron chi connectivity index (χ3n) is 9.33. The largest absolute Gasteiger partial charge is 0.508 e. The van der Waals surface area contributed by atoms with Gasteiger partial charge in [-0.25, -0.2) is 0 Å². The molecule has 2 bridgehead atoms. The number of anilines is 1. The number of aromatic nitrogens is 1. The Morgan fingerprint density at radius 2 is 1.80 bits per heavy atom. The van der Waals surface area contributed by atoms with Crippen LogP contribution in [0.2, 0.25) is 0 Å². The van der Waals surface area contributed by atoms with Crippen molar-refractivity contribution < 1.29 is 34.1 Å². The molecule has 2 aliphatic carbocycles. The number of carboxylic acid groups (broad SMARTS) is 1. The lowest BCUT2D eigenvalue weighted by molar-refractivity contribution is -0.142. The molecule has 7 atom stereocenters. The number of fused-ring (bicyclic) bond motifs is 9. The quantitative estimate of drug-likeness (QED) is 0.203. The van der Waals surface area contributed by atoms with Crippen LogP contribution in [0.4, 0.5) is 5.69 Å². The normalized spacial score (nSPS) is 28.0. The second kappa shape index (κ2) is 11.1. The summed E-state index contributed by atoms with van der Waals surface area (Å²) in [7, 11) is 0. The third-order valence-corrected chi connectivity index (χ3v) is 11.9. The summed E-state index contributed by atoms with van der Waals surface area (Å²) >= 11 is 2.76. The second-order valence-corrected chi connectivity index (χ2v) is 13.9. The number of phenolic OH excluding ortho intramolecular Hbond substituents is 1. The van der Waals surface area contributed by atoms with Gasteiger partial charge in [0.25, 0.3) is 5.91 Å². The predicted molar refractivity (Wildman–Crippen MR) is 161 cm³/mol. The highest BCUT2D eigenvalue weighted by molar-refractivity contribution is 8.00. The third kappa shape index (κ3) is 4.87. The SMILES string of the molecule is O=C(O)CCCN1C(=O)C2C3CC(C2C1=O)C1C3Sc2[nH]c(=O)sc2[C@@H]1c1cccc(OCC(=O)Nc2ccc(O)cc2)c1. The zero-order valence-corrected chi connectivity index (χ0v) is 24.9. The van der Waals surface area contributed by atoms with Gasteiger partial charge >= 0.3 is 10.8 Å². The monoisotopic (exact) mass is 635 g/mol. The van der Waals surface area contributed by atoms with E-state index < -0.39 is 17.8 Å². The van der Waals surface area contributed by atoms with Crippen LogP contribution in [0.3, 0.4) is 0 Å². The van der Waals surface area contributed by atoms with Crippen LogP contribution in [0.1, 0.15) is 35.6 Å². The minimum atomic E-state index is -0.959. The van der Waals surface area contributed by atoms with E-state index in [0.29, 0.717) is 11.4 Å². The number of imide groups is 1. The van der Waals surface area contributed by atoms with Crippen molar-refractivity contribution in [3.8, 4) is 11.5 Å². The molecule has 2 aromatic carbocycles. The van der Waals surface area contributed by atoms with Gasteiger partial charge in [-0.05, 0) is 72.6 Å². The molecule has 7 rings (SSSR count). The maximum Gasteiger partial charge on any atom is 0.305 e. The van der Waals surface area contributed by atoms with Crippen molar-refractivity contribution in [3.05, 3.63) is 68.6 Å². The number of thiazole rings is 1. The lowest BCUT2D eigenvalue weighted by Gasteiger charge is -2.43. The van der Waals surface area contributed by atoms with Crippen LogP contribution in [0.5, 0.6) is 11.5 Å². The summed E-state index contributed by atoms with van der Waals surface area (Å²) in [5, 5.41) is 22.0. The lowest BCUT2D eigenvalue weighted by atomic mass is 9.68. The molecule has 3 heterocycles. The Bertz CT molecular complexity index is 1720. The molecule has 44 heavy (non-hydrogen) atoms. The molecule has 0 spiro atoms. The minimum absolute atomic E-state index is 0.00830. The zero-order chi connectivity index (χ0) is 30.7. The summed E-state index contributed by atoms with van der Waals surface area (Å²) in [6.45, 7) is -0.120. The van der Waals surface area contributed by atoms with Crippen molar-refractivity contribution in [3.63, 3.8) is 0 Å². The number of nitrogens with one attached hydrogen (secondary N) is 2. The Kier molecular flexibility index (Phi) is 7.24. The number of aliphatic carboxylic acids is 1. The maximum atomic E-state index is 13.6. The van der Waals surface area contributed by atoms with Crippen LogP contribution >= 0.6 is 23.1 Å². The van der Waals surface area contributed by atoms with Crippen molar-refractivity contribution in [2.75, 3.05) is 18.5 Å². The predicted octanol–water partition coefficient (Wildman–Crippen LogP) is 3.50. The Morgan fingerprint density at radius 3 is 2.55 bits per heavy atom. The van der Waals surface area contributed by atoms with Crippen molar-refractivity contribution in [1.82, 2.24) is 9.88 Å². The van der Waals surface area contributed by atoms with Gasteiger partial charge in [0.1, 0.15) is 11.5 Å². The first kappa shape index (κ1) is 28.7. The highest BCUT2D eigenvalue weighted by Crippen LogP contribution is 2.68. The van der Waals surface area contributed by atoms with Gasteiger partial charge in [-0.2, -0.15) is 0 Å². The molecule has 3 fully saturated rings. The fourth-order valence-electron chi connectivity index (χ4n) is 7.75. The number of phenols is 1. The van der Waals surface area contributed by atoms with E-state index in [-0.39, 0.29) is 83.3 Å². The Labute approximate surface area is 259 Å². The van der Waals surface area contributed by atoms with Crippen LogP contribution in [-0.2, 0) is 19.2 Å². The summed E-state index contributed by atoms with van der Waals surface area (Å²) < 4.78 is 5.85. The highest BCUT2D eigenvalue weighted by atomic mass is 32.2. The molecule has 2 saturated carbocycles. The fourth-order valence-corrected chi connectivity index (χ4v) is 10.6. The molecular weight excluding hydrogens is 606 g/mol. The maximum absolute atomic E-state index is 13.6. The molecule has 1 aromatic heterocycles. The van der Waals surface area contributed by atoms with Crippen molar-refractivity contribution >= 4 is 52.5 Å². The van der Waals surface area contributed by atoms with Gasteiger partial charge in [-0.3, -0.25) is 28.9 Å². The standard InChI is InChI=1S/C31H29N3O8S2/c35-16-8-6-15(7-9-16)32-20(36)13-42-17-4-1-3-14(11-17)22-23-18-12-19(26(23)43-28-27(22)44-31(41)33-28)25-24(18)29(39)34(30(25)40)10-2-5-21(37)38/h1,3-4,6-9,11,18-19,22-26,35H,2,5,10,12-13H2,(H,32,36)(H,33,41)(H,37,38)/t18?,19?,22-,23?,24?,25?,26?/m1/s1. The van der Waals surface area contributed by atoms with Crippen molar-refractivity contribution in [1.29, 1.82) is 0 Å². The van der Waals surface area contributed by atoms with Crippen LogP contribution in [0.25, 0.3) is 0 Å². The van der Waals surface area contributed by atoms with Gasteiger partial charge in [0.05, 0.1) is 16.9 Å². The smallest absolute Gasteiger partial charge is 0.305 e. The van der Waals surface area contributed by atoms with Gasteiger partial charge in [0.15, 0.2) is 6.61 Å². The summed E-state index contributed by atoms with van der Waals surface area (Å²) in [5.41, 5.74) is 1.44. The summed E-state index contributed by atoms with van der Waals surface area (Å²) in [6.07, 6.45) is 0.873. The van der Waals surface area contributed by atoms with E-state index in [9.17, 15) is 29.1 Å². The van der Waals surface area contributed by atoms with Crippen LogP contribution in [0, 0.1) is 29.6 Å². The minimum Gasteiger partial charge on any atom is -0.508 e. The molecule has 11 nitrogen and oxygen atoms in total. The number of aromatic amines is 1. The molecular formula is C31H29N3O8S2. The average Bonchev–Trinajstić information content (AvgIpc) is 3.73. The van der Waals surface area contributed by atoms with E-state index in [4.69, 9.17) is 9.84 Å². The number of thioether (sulfide) groups is 1. The number of aromatic hydroxyl groups is 1. The first-order chi connectivity index (χ1) is 21.2. The zero-order valence-electron chi connectivity index (χ0n) is 23.3. The first-order valence-corrected chi connectivity index (χ1v) is 16.2. The first-order valence-electron chi connectivity index (χ1n) is 14.5. The van der Waals surface area contributed by atoms with Crippen LogP contribution < -0.4 is 14.9 Å². The van der Waals surface area contributed by atoms with Crippen LogP contribution in [0.15, 0.2) is 58.4 Å². The van der Waals surface area contributed by atoms with Gasteiger partial charge in [0, 0.05) is 34.7 Å². The number of H-pyrrole nitrogens is 1. The molecule has 13 heteroatoms. The Morgan fingerprint density at radius 1 is 1.05 bits per heavy atom. The Hall–Kier alpha value is -4.10. The molecule has 3 amide bonds. The molecule has 0 radical (unpaired) electrons. The van der Waals surface area contributed by atoms with Crippen LogP contribution in [-0.4, -0.2) is 62.2 Å². The van der Waals surface area contributed by atoms with E-state index in [2.05, 4.69) is 10.3 Å². The number of carbonyl (C=O) groups is 4. The topological polar surface area (TPSA) is 166 Å². The Balaban J connectivity index is 1.14. The van der Waals surface area contributed by atoms with Gasteiger partial charge in [-0.1, -0.05) is 23.5 Å². The number of hydrogen-bond donors (Lipinski definition) is 4. The fraction of sp³-hybridized carbons (Fsp3) is 0.387. The van der Waals surface area contributed by atoms with E-state index >= 15 is 0 Å². The summed E-state index contributed by atoms with van der Waals surface area (Å²) in [4.78, 5) is 68.2. The highest BCUT2D eigenvalue weighted by Gasteiger charge is 2.69. The van der Waals surface area contributed by atoms with E-state index in [1.807, 2.05) is 18.2 Å². The molecule has 228 valence electrons. The number of rotatable bonds is 9. The summed E-state index contributed by atoms with van der Waals surface area (Å²) in [6, 6.07) is 13.6. The summed E-state index contributed by atoms with van der Waals surface area (Å²) in [5.74, 6) is -2.27. The van der Waals surface area contributed by atoms with E-state index in [0.717, 1.165) is 33.2 Å². The lowest BCUT2D eigenvalue weighted by Crippen LogP contribution is -2.42. The van der Waals surface area contributed by atoms with Gasteiger partial charge < -0.3 is 25.3 Å². The molecule has 4 N–H and O–H groups in total. The van der Waals surface area contributed by atoms with Crippen molar-refractivity contribution in [2.45, 2.75) is 35.5 Å². The number of amides is 3. The number of nitrogens with zero attached hydrogens (tertiary/aromatic N) is 1. The average molecular weight is 636 g/mol. The van der Waals surface area contributed by atoms with E-state index in [1.165, 1.54) is 17.0 Å². The van der Waals surface area contributed by atoms with Crippen molar-refractivity contribution in [2.24, 2.45) is 29.6 Å². The van der Waals surface area contributed by atoms with E-state index in [1.54, 1.807) is 30.0 Å². The number of carboxylic acids is 1. The molecule has 4 aliphatic rings. The second-order valence-electron chi connectivity index (χ2n) is 11.7. The van der Waals surface area contributed by atoms with Gasteiger partial charge in [-0.15, -0.1) is 11.8 Å². The van der Waals surface area contributed by atoms with Gasteiger partial charge in [0.2, 0.25) is 11.8 Å². The molecule has 2 aliphatic heterocycles. The number of ether oxygens (including phenoxy) is 1. The molecule has 6 unspecified atom stereocenters. The molecule has 3 aromatic rings. The number of likely N-dealkylation sites (tertiary alicyclic amines) is 1.